The van der Waals surface area contributed by atoms with Crippen molar-refractivity contribution in [3.63, 3.8) is 0 Å². The monoisotopic (exact) mass is 263 g/mol. The molecule has 1 aliphatic rings. The van der Waals surface area contributed by atoms with Gasteiger partial charge < -0.3 is 14.8 Å². The van der Waals surface area contributed by atoms with Crippen LogP contribution in [-0.4, -0.2) is 42.6 Å². The van der Waals surface area contributed by atoms with Crippen LogP contribution in [0.1, 0.15) is 47.1 Å². The fourth-order valence-electron chi connectivity index (χ4n) is 2.59. The van der Waals surface area contributed by atoms with Crippen LogP contribution in [0.4, 0.5) is 0 Å². The van der Waals surface area contributed by atoms with Crippen molar-refractivity contribution in [2.24, 2.45) is 0 Å². The van der Waals surface area contributed by atoms with Crippen LogP contribution in [0.3, 0.4) is 0 Å². The van der Waals surface area contributed by atoms with Gasteiger partial charge in [-0.15, -0.1) is 0 Å². The minimum atomic E-state index is 0.0683. The van der Waals surface area contributed by atoms with Crippen LogP contribution < -0.4 is 5.32 Å². The van der Waals surface area contributed by atoms with Crippen molar-refractivity contribution in [2.45, 2.75) is 39.2 Å². The molecule has 1 N–H and O–H groups in total. The maximum atomic E-state index is 12.2. The van der Waals surface area contributed by atoms with Crippen molar-refractivity contribution in [2.75, 3.05) is 27.2 Å². The van der Waals surface area contributed by atoms with Gasteiger partial charge in [-0.2, -0.15) is 0 Å². The van der Waals surface area contributed by atoms with Gasteiger partial charge in [-0.3, -0.25) is 4.79 Å². The predicted octanol–water partition coefficient (Wildman–Crippen LogP) is 2.12. The number of nitrogens with one attached hydrogen (secondary N) is 1. The van der Waals surface area contributed by atoms with Gasteiger partial charge in [-0.05, 0) is 59.8 Å². The van der Waals surface area contributed by atoms with E-state index < -0.39 is 0 Å². The second-order valence-corrected chi connectivity index (χ2v) is 5.80. The number of hydrogen-bond acceptors (Lipinski definition) is 2. The molecular weight excluding hydrogens is 238 g/mol. The van der Waals surface area contributed by atoms with Crippen molar-refractivity contribution in [1.29, 1.82) is 0 Å². The van der Waals surface area contributed by atoms with Gasteiger partial charge in [0.05, 0.1) is 5.56 Å². The first-order valence-electron chi connectivity index (χ1n) is 7.12. The molecule has 0 unspecified atom stereocenters. The third-order valence-electron chi connectivity index (χ3n) is 3.71. The highest BCUT2D eigenvalue weighted by atomic mass is 16.1. The molecular formula is C15H25N3O. The third-order valence-corrected chi connectivity index (χ3v) is 3.71. The molecule has 1 aromatic heterocycles. The highest BCUT2D eigenvalue weighted by Crippen LogP contribution is 2.38. The molecule has 0 spiro atoms. The zero-order chi connectivity index (χ0) is 14.0. The number of carbonyl (C=O) groups excluding carboxylic acids is 1. The summed E-state index contributed by atoms with van der Waals surface area (Å²) < 4.78 is 2.31. The zero-order valence-corrected chi connectivity index (χ0v) is 12.5. The average Bonchev–Trinajstić information content (AvgIpc) is 3.11. The van der Waals surface area contributed by atoms with Gasteiger partial charge in [0.25, 0.3) is 5.91 Å². The molecule has 1 saturated carbocycles. The minimum absolute atomic E-state index is 0.0683. The average molecular weight is 263 g/mol. The summed E-state index contributed by atoms with van der Waals surface area (Å²) in [6, 6.07) is 2.66. The largest absolute Gasteiger partial charge is 0.352 e. The Kier molecular flexibility index (Phi) is 4.30. The minimum Gasteiger partial charge on any atom is -0.352 e. The lowest BCUT2D eigenvalue weighted by Crippen LogP contribution is -2.27. The number of aromatic nitrogens is 1. The Hall–Kier alpha value is -1.29. The molecule has 2 rings (SSSR count). The number of carbonyl (C=O) groups is 1. The summed E-state index contributed by atoms with van der Waals surface area (Å²) in [5, 5.41) is 3.02. The fourth-order valence-corrected chi connectivity index (χ4v) is 2.59. The van der Waals surface area contributed by atoms with Gasteiger partial charge in [-0.25, -0.2) is 0 Å². The molecule has 0 aliphatic heterocycles. The number of nitrogens with zero attached hydrogens (tertiary/aromatic N) is 2. The fraction of sp³-hybridized carbons (Fsp3) is 0.667. The van der Waals surface area contributed by atoms with E-state index in [1.165, 1.54) is 18.5 Å². The van der Waals surface area contributed by atoms with E-state index >= 15 is 0 Å². The van der Waals surface area contributed by atoms with E-state index in [0.717, 1.165) is 30.8 Å². The Morgan fingerprint density at radius 3 is 2.68 bits per heavy atom. The van der Waals surface area contributed by atoms with E-state index in [1.54, 1.807) is 0 Å². The molecule has 1 aliphatic carbocycles. The summed E-state index contributed by atoms with van der Waals surface area (Å²) in [6.07, 6.45) is 3.49. The third kappa shape index (κ3) is 3.38. The lowest BCUT2D eigenvalue weighted by atomic mass is 10.2. The first kappa shape index (κ1) is 14.1. The molecule has 1 fully saturated rings. The van der Waals surface area contributed by atoms with Gasteiger partial charge in [0.15, 0.2) is 0 Å². The molecule has 4 heteroatoms. The Morgan fingerprint density at radius 1 is 1.42 bits per heavy atom. The molecule has 4 nitrogen and oxygen atoms in total. The Morgan fingerprint density at radius 2 is 2.11 bits per heavy atom. The van der Waals surface area contributed by atoms with Crippen molar-refractivity contribution >= 4 is 5.91 Å². The standard InChI is InChI=1S/C15H25N3O/c1-11-10-14(12(2)18(11)13-6-7-13)15(19)16-8-5-9-17(3)4/h10,13H,5-9H2,1-4H3,(H,16,19). The highest BCUT2D eigenvalue weighted by molar-refractivity contribution is 5.95. The molecule has 0 aromatic carbocycles. The number of aryl methyl sites for hydroxylation is 1. The number of rotatable bonds is 6. The van der Waals surface area contributed by atoms with Crippen molar-refractivity contribution in [1.82, 2.24) is 14.8 Å². The molecule has 0 atom stereocenters. The molecule has 1 heterocycles. The molecule has 1 amide bonds. The van der Waals surface area contributed by atoms with Gasteiger partial charge >= 0.3 is 0 Å². The van der Waals surface area contributed by atoms with Gasteiger partial charge in [0.2, 0.25) is 0 Å². The van der Waals surface area contributed by atoms with Gasteiger partial charge in [0, 0.05) is 24.0 Å². The Bertz CT molecular complexity index is 458. The quantitative estimate of drug-likeness (QED) is 0.798. The summed E-state index contributed by atoms with van der Waals surface area (Å²) in [6.45, 7) is 5.89. The molecule has 19 heavy (non-hydrogen) atoms. The van der Waals surface area contributed by atoms with E-state index in [2.05, 4.69) is 28.6 Å². The first-order chi connectivity index (χ1) is 9.00. The SMILES string of the molecule is Cc1cc(C(=O)NCCCN(C)C)c(C)n1C1CC1. The summed E-state index contributed by atoms with van der Waals surface area (Å²) in [5.74, 6) is 0.0683. The zero-order valence-electron chi connectivity index (χ0n) is 12.5. The smallest absolute Gasteiger partial charge is 0.253 e. The van der Waals surface area contributed by atoms with Crippen molar-refractivity contribution in [3.05, 3.63) is 23.0 Å². The van der Waals surface area contributed by atoms with E-state index in [9.17, 15) is 4.79 Å². The molecule has 106 valence electrons. The maximum absolute atomic E-state index is 12.2. The summed E-state index contributed by atoms with van der Waals surface area (Å²) in [4.78, 5) is 14.3. The van der Waals surface area contributed by atoms with Crippen molar-refractivity contribution in [3.8, 4) is 0 Å². The summed E-state index contributed by atoms with van der Waals surface area (Å²) in [7, 11) is 4.09. The van der Waals surface area contributed by atoms with Crippen LogP contribution in [0.25, 0.3) is 0 Å². The highest BCUT2D eigenvalue weighted by Gasteiger charge is 2.28. The lowest BCUT2D eigenvalue weighted by molar-refractivity contribution is 0.0951. The second kappa shape index (κ2) is 5.78. The summed E-state index contributed by atoms with van der Waals surface area (Å²) >= 11 is 0. The topological polar surface area (TPSA) is 37.3 Å². The van der Waals surface area contributed by atoms with Crippen LogP contribution in [0, 0.1) is 13.8 Å². The van der Waals surface area contributed by atoms with Gasteiger partial charge in [0.1, 0.15) is 0 Å². The van der Waals surface area contributed by atoms with E-state index in [0.29, 0.717) is 6.04 Å². The van der Waals surface area contributed by atoms with Crippen LogP contribution in [0.15, 0.2) is 6.07 Å². The molecule has 0 bridgehead atoms. The molecule has 0 saturated heterocycles. The van der Waals surface area contributed by atoms with Crippen molar-refractivity contribution < 1.29 is 4.79 Å². The van der Waals surface area contributed by atoms with E-state index in [4.69, 9.17) is 0 Å². The Balaban J connectivity index is 1.94. The van der Waals surface area contributed by atoms with Crippen LogP contribution in [0.5, 0.6) is 0 Å². The maximum Gasteiger partial charge on any atom is 0.253 e. The van der Waals surface area contributed by atoms with Gasteiger partial charge in [-0.1, -0.05) is 0 Å². The molecule has 0 radical (unpaired) electrons. The second-order valence-electron chi connectivity index (χ2n) is 5.80. The lowest BCUT2D eigenvalue weighted by Gasteiger charge is -2.10. The van der Waals surface area contributed by atoms with Crippen LogP contribution in [-0.2, 0) is 0 Å². The van der Waals surface area contributed by atoms with Crippen LogP contribution >= 0.6 is 0 Å². The van der Waals surface area contributed by atoms with Crippen LogP contribution in [0.2, 0.25) is 0 Å². The van der Waals surface area contributed by atoms with E-state index in [1.807, 2.05) is 20.2 Å². The first-order valence-corrected chi connectivity index (χ1v) is 7.12. The number of hydrogen-bond donors (Lipinski definition) is 1. The van der Waals surface area contributed by atoms with E-state index in [-0.39, 0.29) is 5.91 Å². The number of amides is 1. The normalized spacial score (nSPS) is 15.0. The Labute approximate surface area is 115 Å². The molecule has 1 aromatic rings. The summed E-state index contributed by atoms with van der Waals surface area (Å²) in [5.41, 5.74) is 3.16. The predicted molar refractivity (Wildman–Crippen MR) is 77.7 cm³/mol.